The van der Waals surface area contributed by atoms with Crippen LogP contribution >= 0.6 is 15.9 Å². The lowest BCUT2D eigenvalue weighted by atomic mass is 10.2. The molecule has 0 radical (unpaired) electrons. The molecular formula is C7H5BrFNO2. The van der Waals surface area contributed by atoms with Gasteiger partial charge in [0, 0.05) is 0 Å². The summed E-state index contributed by atoms with van der Waals surface area (Å²) >= 11 is 2.92. The molecule has 0 aliphatic rings. The van der Waals surface area contributed by atoms with Crippen LogP contribution in [0.5, 0.6) is 0 Å². The molecule has 12 heavy (non-hydrogen) atoms. The first-order chi connectivity index (χ1) is 5.52. The van der Waals surface area contributed by atoms with Crippen molar-refractivity contribution >= 4 is 21.6 Å². The zero-order chi connectivity index (χ0) is 9.30. The van der Waals surface area contributed by atoms with Crippen LogP contribution in [0.2, 0.25) is 0 Å². The standard InChI is InChI=1S/C7H5BrFNO2/c1-4-2-5(8)7(10(11)12)6(9)3-4/h2-3H,1H3. The highest BCUT2D eigenvalue weighted by atomic mass is 79.9. The third kappa shape index (κ3) is 1.61. The maximum absolute atomic E-state index is 12.9. The first kappa shape index (κ1) is 9.12. The third-order valence-electron chi connectivity index (χ3n) is 1.34. The van der Waals surface area contributed by atoms with Gasteiger partial charge in [-0.2, -0.15) is 4.39 Å². The average molecular weight is 234 g/mol. The number of hydrogen-bond acceptors (Lipinski definition) is 2. The molecular weight excluding hydrogens is 229 g/mol. The molecule has 3 nitrogen and oxygen atoms in total. The van der Waals surface area contributed by atoms with Gasteiger partial charge in [0.1, 0.15) is 0 Å². The molecule has 64 valence electrons. The van der Waals surface area contributed by atoms with Gasteiger partial charge in [-0.25, -0.2) is 0 Å². The molecule has 0 aliphatic carbocycles. The van der Waals surface area contributed by atoms with E-state index in [0.29, 0.717) is 5.56 Å². The first-order valence-corrected chi connectivity index (χ1v) is 3.91. The summed E-state index contributed by atoms with van der Waals surface area (Å²) in [5.41, 5.74) is 0.130. The van der Waals surface area contributed by atoms with Crippen LogP contribution in [-0.2, 0) is 0 Å². The Hall–Kier alpha value is -0.970. The Kier molecular flexibility index (Phi) is 2.42. The van der Waals surface area contributed by atoms with Crippen molar-refractivity contribution in [1.82, 2.24) is 0 Å². The monoisotopic (exact) mass is 233 g/mol. The summed E-state index contributed by atoms with van der Waals surface area (Å²) in [6, 6.07) is 2.63. The van der Waals surface area contributed by atoms with E-state index in [9.17, 15) is 14.5 Å². The maximum atomic E-state index is 12.9. The van der Waals surface area contributed by atoms with Crippen LogP contribution in [0.25, 0.3) is 0 Å². The molecule has 0 spiro atoms. The average Bonchev–Trinajstić information content (AvgIpc) is 1.82. The summed E-state index contributed by atoms with van der Waals surface area (Å²) in [6.45, 7) is 1.66. The largest absolute Gasteiger partial charge is 0.318 e. The van der Waals surface area contributed by atoms with E-state index in [1.807, 2.05) is 0 Å². The number of nitro benzene ring substituents is 1. The van der Waals surface area contributed by atoms with Crippen LogP contribution in [0, 0.1) is 22.9 Å². The van der Waals surface area contributed by atoms with Crippen LogP contribution in [-0.4, -0.2) is 4.92 Å². The molecule has 0 N–H and O–H groups in total. The topological polar surface area (TPSA) is 43.1 Å². The second-order valence-corrected chi connectivity index (χ2v) is 3.19. The zero-order valence-electron chi connectivity index (χ0n) is 6.17. The van der Waals surface area contributed by atoms with E-state index in [2.05, 4.69) is 15.9 Å². The van der Waals surface area contributed by atoms with Crippen LogP contribution in [0.1, 0.15) is 5.56 Å². The van der Waals surface area contributed by atoms with E-state index in [4.69, 9.17) is 0 Å². The van der Waals surface area contributed by atoms with E-state index in [-0.39, 0.29) is 4.47 Å². The number of benzene rings is 1. The summed E-state index contributed by atoms with van der Waals surface area (Å²) in [5.74, 6) is -0.813. The van der Waals surface area contributed by atoms with Gasteiger partial charge in [0.2, 0.25) is 5.82 Å². The fourth-order valence-electron chi connectivity index (χ4n) is 0.867. The van der Waals surface area contributed by atoms with E-state index in [0.717, 1.165) is 6.07 Å². The predicted octanol–water partition coefficient (Wildman–Crippen LogP) is 2.80. The minimum atomic E-state index is -0.813. The predicted molar refractivity (Wildman–Crippen MR) is 45.5 cm³/mol. The molecule has 0 unspecified atom stereocenters. The second-order valence-electron chi connectivity index (χ2n) is 2.33. The summed E-state index contributed by atoms with van der Waals surface area (Å²) in [6.07, 6.45) is 0. The summed E-state index contributed by atoms with van der Waals surface area (Å²) in [7, 11) is 0. The zero-order valence-corrected chi connectivity index (χ0v) is 7.76. The van der Waals surface area contributed by atoms with Gasteiger partial charge in [0.05, 0.1) is 9.40 Å². The summed E-state index contributed by atoms with van der Waals surface area (Å²) < 4.78 is 13.1. The van der Waals surface area contributed by atoms with E-state index < -0.39 is 16.4 Å². The number of rotatable bonds is 1. The van der Waals surface area contributed by atoms with Gasteiger partial charge in [-0.05, 0) is 40.5 Å². The summed E-state index contributed by atoms with van der Waals surface area (Å²) in [4.78, 5) is 9.54. The molecule has 1 aromatic carbocycles. The van der Waals surface area contributed by atoms with Crippen molar-refractivity contribution in [2.75, 3.05) is 0 Å². The number of nitro groups is 1. The molecule has 1 rings (SSSR count). The molecule has 0 saturated heterocycles. The lowest BCUT2D eigenvalue weighted by Crippen LogP contribution is -1.94. The van der Waals surface area contributed by atoms with Gasteiger partial charge in [0.25, 0.3) is 0 Å². The molecule has 0 aliphatic heterocycles. The van der Waals surface area contributed by atoms with Gasteiger partial charge in [-0.1, -0.05) is 0 Å². The fourth-order valence-corrected chi connectivity index (χ4v) is 1.56. The number of aryl methyl sites for hydroxylation is 1. The summed E-state index contributed by atoms with van der Waals surface area (Å²) in [5, 5.41) is 10.3. The molecule has 0 saturated carbocycles. The van der Waals surface area contributed by atoms with Gasteiger partial charge < -0.3 is 0 Å². The molecule has 0 bridgehead atoms. The van der Waals surface area contributed by atoms with Crippen LogP contribution in [0.4, 0.5) is 10.1 Å². The van der Waals surface area contributed by atoms with Gasteiger partial charge in [-0.15, -0.1) is 0 Å². The maximum Gasteiger partial charge on any atom is 0.318 e. The molecule has 1 aromatic rings. The van der Waals surface area contributed by atoms with Crippen LogP contribution in [0.15, 0.2) is 16.6 Å². The Morgan fingerprint density at radius 3 is 2.58 bits per heavy atom. The highest BCUT2D eigenvalue weighted by molar-refractivity contribution is 9.10. The minimum Gasteiger partial charge on any atom is -0.258 e. The number of hydrogen-bond donors (Lipinski definition) is 0. The van der Waals surface area contributed by atoms with Crippen molar-refractivity contribution in [1.29, 1.82) is 0 Å². The molecule has 5 heteroatoms. The Labute approximate surface area is 76.5 Å². The van der Waals surface area contributed by atoms with Gasteiger partial charge in [-0.3, -0.25) is 10.1 Å². The van der Waals surface area contributed by atoms with Crippen molar-refractivity contribution in [3.63, 3.8) is 0 Å². The SMILES string of the molecule is Cc1cc(F)c([N+](=O)[O-])c(Br)c1. The molecule has 0 amide bonds. The Balaban J connectivity index is 3.38. The first-order valence-electron chi connectivity index (χ1n) is 3.12. The third-order valence-corrected chi connectivity index (χ3v) is 1.95. The molecule has 0 heterocycles. The highest BCUT2D eigenvalue weighted by Crippen LogP contribution is 2.28. The fraction of sp³-hybridized carbons (Fsp3) is 0.143. The second kappa shape index (κ2) is 3.18. The smallest absolute Gasteiger partial charge is 0.258 e. The van der Waals surface area contributed by atoms with E-state index >= 15 is 0 Å². The number of halogens is 2. The van der Waals surface area contributed by atoms with Crippen molar-refractivity contribution in [2.24, 2.45) is 0 Å². The molecule has 0 atom stereocenters. The van der Waals surface area contributed by atoms with Crippen LogP contribution in [0.3, 0.4) is 0 Å². The van der Waals surface area contributed by atoms with Crippen molar-refractivity contribution in [2.45, 2.75) is 6.92 Å². The Bertz CT molecular complexity index is 317. The quantitative estimate of drug-likeness (QED) is 0.553. The Morgan fingerprint density at radius 2 is 2.17 bits per heavy atom. The van der Waals surface area contributed by atoms with E-state index in [1.54, 1.807) is 6.92 Å². The molecule has 0 aromatic heterocycles. The lowest BCUT2D eigenvalue weighted by Gasteiger charge is -1.98. The number of nitrogens with zero attached hydrogens (tertiary/aromatic N) is 1. The Morgan fingerprint density at radius 1 is 1.58 bits per heavy atom. The lowest BCUT2D eigenvalue weighted by molar-refractivity contribution is -0.388. The van der Waals surface area contributed by atoms with Crippen molar-refractivity contribution < 1.29 is 9.31 Å². The normalized spacial score (nSPS) is 9.92. The van der Waals surface area contributed by atoms with Crippen LogP contribution < -0.4 is 0 Å². The van der Waals surface area contributed by atoms with E-state index in [1.165, 1.54) is 6.07 Å². The van der Waals surface area contributed by atoms with Gasteiger partial charge in [0.15, 0.2) is 0 Å². The molecule has 0 fully saturated rings. The van der Waals surface area contributed by atoms with Crippen molar-refractivity contribution in [3.8, 4) is 0 Å². The minimum absolute atomic E-state index is 0.171. The highest BCUT2D eigenvalue weighted by Gasteiger charge is 2.18. The van der Waals surface area contributed by atoms with Gasteiger partial charge >= 0.3 is 5.69 Å². The van der Waals surface area contributed by atoms with Crippen molar-refractivity contribution in [3.05, 3.63) is 38.1 Å².